The lowest BCUT2D eigenvalue weighted by molar-refractivity contribution is -0.141. The fourth-order valence-electron chi connectivity index (χ4n) is 2.18. The maximum Gasteiger partial charge on any atom is 0.308 e. The molecule has 0 aliphatic rings. The quantitative estimate of drug-likeness (QED) is 0.773. The van der Waals surface area contributed by atoms with Gasteiger partial charge in [-0.05, 0) is 25.5 Å². The first-order valence-electron chi connectivity index (χ1n) is 7.50. The molecule has 0 saturated carbocycles. The molecule has 2 aromatic heterocycles. The Morgan fingerprint density at radius 2 is 2.22 bits per heavy atom. The topological polar surface area (TPSA) is 92.4 Å². The highest BCUT2D eigenvalue weighted by Gasteiger charge is 2.18. The van der Waals surface area contributed by atoms with E-state index in [0.717, 1.165) is 17.2 Å². The van der Waals surface area contributed by atoms with Crippen LogP contribution in [0.3, 0.4) is 0 Å². The minimum Gasteiger partial charge on any atom is -0.481 e. The number of aryl methyl sites for hydroxylation is 1. The van der Waals surface area contributed by atoms with Crippen LogP contribution in [0.2, 0.25) is 0 Å². The normalized spacial score (nSPS) is 12.1. The van der Waals surface area contributed by atoms with E-state index in [1.807, 2.05) is 31.4 Å². The van der Waals surface area contributed by atoms with Gasteiger partial charge in [-0.25, -0.2) is 4.98 Å². The average Bonchev–Trinajstić information content (AvgIpc) is 3.12. The number of nitrogens with zero attached hydrogens (tertiary/aromatic N) is 1. The minimum atomic E-state index is -0.878. The highest BCUT2D eigenvalue weighted by molar-refractivity contribution is 7.13. The van der Waals surface area contributed by atoms with Crippen molar-refractivity contribution >= 4 is 23.2 Å². The predicted octanol–water partition coefficient (Wildman–Crippen LogP) is 2.87. The molecule has 7 heteroatoms. The number of carboxylic acids is 1. The molecule has 1 amide bonds. The predicted molar refractivity (Wildman–Crippen MR) is 87.3 cm³/mol. The van der Waals surface area contributed by atoms with Crippen molar-refractivity contribution in [1.82, 2.24) is 10.3 Å². The van der Waals surface area contributed by atoms with Gasteiger partial charge in [0.05, 0.1) is 18.0 Å². The second kappa shape index (κ2) is 7.92. The average molecular weight is 336 g/mol. The summed E-state index contributed by atoms with van der Waals surface area (Å²) in [6.07, 6.45) is 1.45. The van der Waals surface area contributed by atoms with Gasteiger partial charge < -0.3 is 14.8 Å². The zero-order valence-electron chi connectivity index (χ0n) is 13.2. The summed E-state index contributed by atoms with van der Waals surface area (Å²) in [4.78, 5) is 27.4. The van der Waals surface area contributed by atoms with Crippen LogP contribution in [0.5, 0.6) is 0 Å². The van der Waals surface area contributed by atoms with Gasteiger partial charge in [0, 0.05) is 11.9 Å². The van der Waals surface area contributed by atoms with Crippen LogP contribution in [0.15, 0.2) is 21.9 Å². The van der Waals surface area contributed by atoms with Gasteiger partial charge in [-0.15, -0.1) is 11.3 Å². The Morgan fingerprint density at radius 3 is 2.83 bits per heavy atom. The van der Waals surface area contributed by atoms with E-state index in [-0.39, 0.29) is 18.9 Å². The van der Waals surface area contributed by atoms with Gasteiger partial charge in [-0.2, -0.15) is 0 Å². The molecule has 2 aromatic rings. The van der Waals surface area contributed by atoms with Crippen LogP contribution < -0.4 is 5.32 Å². The van der Waals surface area contributed by atoms with E-state index in [0.29, 0.717) is 17.9 Å². The second-order valence-corrected chi connectivity index (χ2v) is 6.22. The van der Waals surface area contributed by atoms with Gasteiger partial charge in [-0.3, -0.25) is 9.59 Å². The third kappa shape index (κ3) is 4.92. The van der Waals surface area contributed by atoms with E-state index in [2.05, 4.69) is 10.3 Å². The van der Waals surface area contributed by atoms with Crippen molar-refractivity contribution < 1.29 is 19.1 Å². The van der Waals surface area contributed by atoms with Crippen LogP contribution in [0, 0.1) is 12.8 Å². The van der Waals surface area contributed by atoms with Crippen LogP contribution in [0.4, 0.5) is 0 Å². The van der Waals surface area contributed by atoms with E-state index in [4.69, 9.17) is 9.52 Å². The molecule has 2 heterocycles. The second-order valence-electron chi connectivity index (χ2n) is 5.36. The van der Waals surface area contributed by atoms with Gasteiger partial charge in [0.1, 0.15) is 5.76 Å². The molecule has 1 atom stereocenters. The van der Waals surface area contributed by atoms with Crippen LogP contribution in [-0.4, -0.2) is 28.5 Å². The van der Waals surface area contributed by atoms with Crippen molar-refractivity contribution in [3.8, 4) is 10.8 Å². The third-order valence-electron chi connectivity index (χ3n) is 3.38. The fraction of sp³-hybridized carbons (Fsp3) is 0.438. The molecule has 2 rings (SSSR count). The van der Waals surface area contributed by atoms with E-state index >= 15 is 0 Å². The number of aromatic nitrogens is 1. The van der Waals surface area contributed by atoms with Crippen molar-refractivity contribution in [2.45, 2.75) is 33.1 Å². The molecular formula is C16H20N2O4S. The van der Waals surface area contributed by atoms with Crippen LogP contribution in [0.1, 0.15) is 31.2 Å². The summed E-state index contributed by atoms with van der Waals surface area (Å²) in [5.41, 5.74) is 0.652. The molecule has 0 aromatic carbocycles. The number of carbonyl (C=O) groups excluding carboxylic acids is 1. The smallest absolute Gasteiger partial charge is 0.308 e. The summed E-state index contributed by atoms with van der Waals surface area (Å²) < 4.78 is 5.50. The van der Waals surface area contributed by atoms with Crippen LogP contribution in [-0.2, 0) is 16.0 Å². The first kappa shape index (κ1) is 17.2. The summed E-state index contributed by atoms with van der Waals surface area (Å²) in [7, 11) is 0. The molecule has 0 saturated heterocycles. The molecular weight excluding hydrogens is 316 g/mol. The molecule has 0 bridgehead atoms. The SMILES string of the molecule is CCCC(CNC(=O)Cc1csc(-c2ccc(C)o2)n1)C(=O)O. The summed E-state index contributed by atoms with van der Waals surface area (Å²) in [6.45, 7) is 3.93. The number of rotatable bonds is 8. The van der Waals surface area contributed by atoms with Crippen molar-refractivity contribution in [2.75, 3.05) is 6.54 Å². The summed E-state index contributed by atoms with van der Waals surface area (Å²) in [5, 5.41) is 14.3. The Morgan fingerprint density at radius 1 is 1.43 bits per heavy atom. The van der Waals surface area contributed by atoms with Crippen LogP contribution in [0.25, 0.3) is 10.8 Å². The molecule has 1 unspecified atom stereocenters. The molecule has 6 nitrogen and oxygen atoms in total. The van der Waals surface area contributed by atoms with Crippen molar-refractivity contribution in [1.29, 1.82) is 0 Å². The Kier molecular flexibility index (Phi) is 5.92. The molecule has 0 fully saturated rings. The van der Waals surface area contributed by atoms with Crippen LogP contribution >= 0.6 is 11.3 Å². The van der Waals surface area contributed by atoms with E-state index in [1.165, 1.54) is 11.3 Å². The number of carboxylic acid groups (broad SMARTS) is 1. The number of hydrogen-bond donors (Lipinski definition) is 2. The number of amides is 1. The molecule has 0 spiro atoms. The largest absolute Gasteiger partial charge is 0.481 e. The Bertz CT molecular complexity index is 677. The molecule has 0 radical (unpaired) electrons. The number of carbonyl (C=O) groups is 2. The Balaban J connectivity index is 1.88. The molecule has 0 aliphatic heterocycles. The lowest BCUT2D eigenvalue weighted by atomic mass is 10.0. The fourth-order valence-corrected chi connectivity index (χ4v) is 2.96. The lowest BCUT2D eigenvalue weighted by Crippen LogP contribution is -2.33. The third-order valence-corrected chi connectivity index (χ3v) is 4.28. The molecule has 2 N–H and O–H groups in total. The first-order valence-corrected chi connectivity index (χ1v) is 8.38. The molecule has 23 heavy (non-hydrogen) atoms. The summed E-state index contributed by atoms with van der Waals surface area (Å²) >= 11 is 1.42. The number of hydrogen-bond acceptors (Lipinski definition) is 5. The zero-order chi connectivity index (χ0) is 16.8. The number of furan rings is 1. The van der Waals surface area contributed by atoms with Gasteiger partial charge >= 0.3 is 5.97 Å². The highest BCUT2D eigenvalue weighted by atomic mass is 32.1. The van der Waals surface area contributed by atoms with E-state index in [1.54, 1.807) is 0 Å². The van der Waals surface area contributed by atoms with Crippen molar-refractivity contribution in [3.63, 3.8) is 0 Å². The van der Waals surface area contributed by atoms with Gasteiger partial charge in [0.2, 0.25) is 5.91 Å². The Hall–Kier alpha value is -2.15. The molecule has 0 aliphatic carbocycles. The van der Waals surface area contributed by atoms with Crippen molar-refractivity contribution in [3.05, 3.63) is 29.0 Å². The van der Waals surface area contributed by atoms with Crippen molar-refractivity contribution in [2.24, 2.45) is 5.92 Å². The summed E-state index contributed by atoms with van der Waals surface area (Å²) in [6, 6.07) is 3.71. The standard InChI is InChI=1S/C16H20N2O4S/c1-3-4-11(16(20)21)8-17-14(19)7-12-9-23-15(18-12)13-6-5-10(2)22-13/h5-6,9,11H,3-4,7-8H2,1-2H3,(H,17,19)(H,20,21). The van der Waals surface area contributed by atoms with E-state index < -0.39 is 11.9 Å². The maximum atomic E-state index is 11.9. The number of nitrogens with one attached hydrogen (secondary N) is 1. The first-order chi connectivity index (χ1) is 11.0. The minimum absolute atomic E-state index is 0.134. The zero-order valence-corrected chi connectivity index (χ0v) is 14.0. The Labute approximate surface area is 138 Å². The van der Waals surface area contributed by atoms with Gasteiger partial charge in [0.15, 0.2) is 10.8 Å². The number of thiazole rings is 1. The summed E-state index contributed by atoms with van der Waals surface area (Å²) in [5.74, 6) is -0.143. The lowest BCUT2D eigenvalue weighted by Gasteiger charge is -2.11. The highest BCUT2D eigenvalue weighted by Crippen LogP contribution is 2.25. The van der Waals surface area contributed by atoms with Gasteiger partial charge in [-0.1, -0.05) is 13.3 Å². The maximum absolute atomic E-state index is 11.9. The monoisotopic (exact) mass is 336 g/mol. The number of aliphatic carboxylic acids is 1. The van der Waals surface area contributed by atoms with E-state index in [9.17, 15) is 9.59 Å². The molecule has 124 valence electrons. The van der Waals surface area contributed by atoms with Gasteiger partial charge in [0.25, 0.3) is 0 Å².